The fourth-order valence-electron chi connectivity index (χ4n) is 3.42. The molecule has 2 heterocycles. The first kappa shape index (κ1) is 16.4. The van der Waals surface area contributed by atoms with E-state index in [1.165, 1.54) is 12.1 Å². The van der Waals surface area contributed by atoms with Crippen molar-refractivity contribution in [2.24, 2.45) is 5.73 Å². The van der Waals surface area contributed by atoms with Crippen LogP contribution in [0.15, 0.2) is 41.0 Å². The number of rotatable bonds is 3. The molecule has 0 aliphatic heterocycles. The van der Waals surface area contributed by atoms with Gasteiger partial charge in [0, 0.05) is 29.8 Å². The van der Waals surface area contributed by atoms with Gasteiger partial charge >= 0.3 is 6.61 Å². The van der Waals surface area contributed by atoms with E-state index in [4.69, 9.17) is 5.73 Å². The highest BCUT2D eigenvalue weighted by molar-refractivity contribution is 9.10. The fourth-order valence-corrected chi connectivity index (χ4v) is 3.74. The summed E-state index contributed by atoms with van der Waals surface area (Å²) in [6.45, 7) is -2.92. The maximum Gasteiger partial charge on any atom is 0.387 e. The second kappa shape index (κ2) is 6.03. The monoisotopic (exact) mass is 411 g/mol. The molecule has 1 aliphatic rings. The SMILES string of the molecule is NC1CC(c2ccccc2OC(F)F)c2c1nc1cc(F)c(Br)cn21. The average molecular weight is 412 g/mol. The lowest BCUT2D eigenvalue weighted by molar-refractivity contribution is -0.0505. The highest BCUT2D eigenvalue weighted by Gasteiger charge is 2.36. The molecule has 130 valence electrons. The molecule has 1 aliphatic carbocycles. The number of nitrogens with two attached hydrogens (primary N) is 1. The summed E-state index contributed by atoms with van der Waals surface area (Å²) in [5, 5.41) is 0. The smallest absolute Gasteiger partial charge is 0.387 e. The van der Waals surface area contributed by atoms with Crippen LogP contribution in [0, 0.1) is 5.82 Å². The molecule has 0 saturated heterocycles. The van der Waals surface area contributed by atoms with Gasteiger partial charge in [-0.25, -0.2) is 9.37 Å². The molecular formula is C17H13BrF3N3O. The molecule has 2 aromatic heterocycles. The number of fused-ring (bicyclic) bond motifs is 3. The highest BCUT2D eigenvalue weighted by Crippen LogP contribution is 2.46. The molecule has 8 heteroatoms. The number of imidazole rings is 1. The number of hydrogen-bond donors (Lipinski definition) is 1. The summed E-state index contributed by atoms with van der Waals surface area (Å²) in [5.74, 6) is -0.589. The zero-order valence-corrected chi connectivity index (χ0v) is 14.4. The molecule has 0 spiro atoms. The maximum absolute atomic E-state index is 13.8. The Labute approximate surface area is 149 Å². The van der Waals surface area contributed by atoms with Crippen molar-refractivity contribution < 1.29 is 17.9 Å². The van der Waals surface area contributed by atoms with Gasteiger partial charge in [0.15, 0.2) is 0 Å². The van der Waals surface area contributed by atoms with Crippen molar-refractivity contribution >= 4 is 21.6 Å². The van der Waals surface area contributed by atoms with E-state index in [0.29, 0.717) is 23.3 Å². The average Bonchev–Trinajstić information content (AvgIpc) is 3.06. The molecule has 0 bridgehead atoms. The Bertz CT molecular complexity index is 960. The van der Waals surface area contributed by atoms with Crippen molar-refractivity contribution in [2.45, 2.75) is 25.0 Å². The number of para-hydroxylation sites is 1. The Morgan fingerprint density at radius 2 is 2.08 bits per heavy atom. The van der Waals surface area contributed by atoms with E-state index in [2.05, 4.69) is 25.7 Å². The topological polar surface area (TPSA) is 52.5 Å². The van der Waals surface area contributed by atoms with Crippen LogP contribution in [0.4, 0.5) is 13.2 Å². The van der Waals surface area contributed by atoms with Crippen LogP contribution in [0.2, 0.25) is 0 Å². The van der Waals surface area contributed by atoms with E-state index in [0.717, 1.165) is 5.69 Å². The summed E-state index contributed by atoms with van der Waals surface area (Å²) >= 11 is 3.17. The van der Waals surface area contributed by atoms with E-state index in [1.54, 1.807) is 28.8 Å². The van der Waals surface area contributed by atoms with Crippen molar-refractivity contribution in [1.29, 1.82) is 0 Å². The van der Waals surface area contributed by atoms with E-state index in [1.807, 2.05) is 0 Å². The second-order valence-electron chi connectivity index (χ2n) is 5.89. The van der Waals surface area contributed by atoms with E-state index in [-0.39, 0.29) is 22.2 Å². The normalized spacial score (nSPS) is 19.6. The zero-order chi connectivity index (χ0) is 17.7. The maximum atomic E-state index is 13.8. The highest BCUT2D eigenvalue weighted by atomic mass is 79.9. The van der Waals surface area contributed by atoms with E-state index < -0.39 is 12.4 Å². The molecule has 0 radical (unpaired) electrons. The minimum absolute atomic E-state index is 0.110. The van der Waals surface area contributed by atoms with Crippen LogP contribution in [0.1, 0.15) is 35.3 Å². The van der Waals surface area contributed by atoms with Gasteiger partial charge in [-0.1, -0.05) is 18.2 Å². The third-order valence-electron chi connectivity index (χ3n) is 4.41. The van der Waals surface area contributed by atoms with Crippen LogP contribution in [0.5, 0.6) is 5.75 Å². The standard InChI is InChI=1S/C17H13BrF3N3O/c18-10-7-24-14(6-11(10)19)23-15-12(22)5-9(16(15)24)8-3-1-2-4-13(8)25-17(20)21/h1-4,6-7,9,12,17H,5,22H2. The number of pyridine rings is 1. The van der Waals surface area contributed by atoms with Gasteiger partial charge in [0.1, 0.15) is 17.2 Å². The van der Waals surface area contributed by atoms with Gasteiger partial charge in [0.25, 0.3) is 0 Å². The third kappa shape index (κ3) is 2.69. The summed E-state index contributed by atoms with van der Waals surface area (Å²) in [6.07, 6.45) is 2.09. The molecular weight excluding hydrogens is 399 g/mol. The summed E-state index contributed by atoms with van der Waals surface area (Å²) in [4.78, 5) is 4.43. The summed E-state index contributed by atoms with van der Waals surface area (Å²) in [6, 6.07) is 7.59. The van der Waals surface area contributed by atoms with Crippen molar-refractivity contribution in [3.8, 4) is 5.75 Å². The van der Waals surface area contributed by atoms with Crippen LogP contribution in [-0.4, -0.2) is 16.0 Å². The lowest BCUT2D eigenvalue weighted by Gasteiger charge is -2.17. The fraction of sp³-hybridized carbons (Fsp3) is 0.235. The van der Waals surface area contributed by atoms with Crippen molar-refractivity contribution in [3.05, 3.63) is 63.8 Å². The molecule has 0 saturated carbocycles. The molecule has 25 heavy (non-hydrogen) atoms. The number of nitrogens with zero attached hydrogens (tertiary/aromatic N) is 2. The minimum Gasteiger partial charge on any atom is -0.435 e. The summed E-state index contributed by atoms with van der Waals surface area (Å²) < 4.78 is 46.0. The number of hydrogen-bond acceptors (Lipinski definition) is 3. The largest absolute Gasteiger partial charge is 0.435 e. The van der Waals surface area contributed by atoms with Gasteiger partial charge in [0.2, 0.25) is 0 Å². The molecule has 2 N–H and O–H groups in total. The zero-order valence-electron chi connectivity index (χ0n) is 12.8. The third-order valence-corrected chi connectivity index (χ3v) is 5.00. The molecule has 4 nitrogen and oxygen atoms in total. The van der Waals surface area contributed by atoms with Crippen LogP contribution in [-0.2, 0) is 0 Å². The Hall–Kier alpha value is -2.06. The predicted octanol–water partition coefficient (Wildman–Crippen LogP) is 4.37. The van der Waals surface area contributed by atoms with E-state index >= 15 is 0 Å². The number of alkyl halides is 2. The van der Waals surface area contributed by atoms with Gasteiger partial charge in [0.05, 0.1) is 15.9 Å². The first-order valence-corrected chi connectivity index (χ1v) is 8.41. The second-order valence-corrected chi connectivity index (χ2v) is 6.75. The lowest BCUT2D eigenvalue weighted by Crippen LogP contribution is -2.10. The first-order valence-electron chi connectivity index (χ1n) is 7.62. The molecule has 0 fully saturated rings. The van der Waals surface area contributed by atoms with Gasteiger partial charge < -0.3 is 14.9 Å². The van der Waals surface area contributed by atoms with Crippen LogP contribution >= 0.6 is 15.9 Å². The minimum atomic E-state index is -2.92. The Balaban J connectivity index is 1.90. The van der Waals surface area contributed by atoms with Crippen molar-refractivity contribution in [2.75, 3.05) is 0 Å². The number of halogens is 4. The Morgan fingerprint density at radius 3 is 2.84 bits per heavy atom. The molecule has 4 rings (SSSR count). The number of ether oxygens (including phenoxy) is 1. The van der Waals surface area contributed by atoms with E-state index in [9.17, 15) is 13.2 Å². The van der Waals surface area contributed by atoms with Crippen LogP contribution in [0.3, 0.4) is 0 Å². The quantitative estimate of drug-likeness (QED) is 0.695. The number of aromatic nitrogens is 2. The molecule has 2 unspecified atom stereocenters. The summed E-state index contributed by atoms with van der Waals surface area (Å²) in [7, 11) is 0. The molecule has 3 aromatic rings. The van der Waals surface area contributed by atoms with Gasteiger partial charge in [-0.15, -0.1) is 0 Å². The molecule has 2 atom stereocenters. The Morgan fingerprint density at radius 1 is 1.32 bits per heavy atom. The van der Waals surface area contributed by atoms with Gasteiger partial charge in [-0.2, -0.15) is 8.78 Å². The molecule has 0 amide bonds. The lowest BCUT2D eigenvalue weighted by atomic mass is 9.95. The predicted molar refractivity (Wildman–Crippen MR) is 89.3 cm³/mol. The summed E-state index contributed by atoms with van der Waals surface area (Å²) in [5.41, 5.74) is 8.65. The van der Waals surface area contributed by atoms with Crippen LogP contribution in [0.25, 0.3) is 5.65 Å². The number of benzene rings is 1. The molecule has 1 aromatic carbocycles. The van der Waals surface area contributed by atoms with Crippen molar-refractivity contribution in [1.82, 2.24) is 9.38 Å². The van der Waals surface area contributed by atoms with Gasteiger partial charge in [-0.05, 0) is 28.4 Å². The first-order chi connectivity index (χ1) is 12.0. The van der Waals surface area contributed by atoms with Gasteiger partial charge in [-0.3, -0.25) is 0 Å². The van der Waals surface area contributed by atoms with Crippen molar-refractivity contribution in [3.63, 3.8) is 0 Å². The Kier molecular flexibility index (Phi) is 3.96. The van der Waals surface area contributed by atoms with Crippen LogP contribution < -0.4 is 10.5 Å².